The van der Waals surface area contributed by atoms with Gasteiger partial charge in [0.2, 0.25) is 0 Å². The molecular formula is C17H21BrFNO. The van der Waals surface area contributed by atoms with Gasteiger partial charge in [0, 0.05) is 10.5 Å². The van der Waals surface area contributed by atoms with Crippen LogP contribution in [0.3, 0.4) is 0 Å². The first kappa shape index (κ1) is 15.0. The maximum Gasteiger partial charge on any atom is 0.252 e. The number of rotatable bonds is 2. The minimum absolute atomic E-state index is 0.117. The quantitative estimate of drug-likeness (QED) is 0.831. The van der Waals surface area contributed by atoms with Gasteiger partial charge in [0.25, 0.3) is 5.91 Å². The second-order valence-electron chi connectivity index (χ2n) is 7.45. The highest BCUT2D eigenvalue weighted by Gasteiger charge is 2.59. The summed E-state index contributed by atoms with van der Waals surface area (Å²) in [5.74, 6) is 0.226. The van der Waals surface area contributed by atoms with E-state index in [-0.39, 0.29) is 28.6 Å². The fraction of sp³-hybridized carbons (Fsp3) is 0.588. The Balaban J connectivity index is 1.85. The Kier molecular flexibility index (Phi) is 3.43. The van der Waals surface area contributed by atoms with E-state index in [0.29, 0.717) is 16.0 Å². The van der Waals surface area contributed by atoms with Crippen molar-refractivity contribution in [2.24, 2.45) is 16.7 Å². The van der Waals surface area contributed by atoms with Gasteiger partial charge < -0.3 is 5.32 Å². The van der Waals surface area contributed by atoms with E-state index in [1.165, 1.54) is 37.5 Å². The second kappa shape index (κ2) is 4.80. The van der Waals surface area contributed by atoms with E-state index in [2.05, 4.69) is 42.0 Å². The summed E-state index contributed by atoms with van der Waals surface area (Å²) >= 11 is 3.28. The molecule has 4 heteroatoms. The van der Waals surface area contributed by atoms with Crippen LogP contribution in [-0.2, 0) is 0 Å². The van der Waals surface area contributed by atoms with Gasteiger partial charge in [0.05, 0.1) is 5.56 Å². The largest absolute Gasteiger partial charge is 0.348 e. The van der Waals surface area contributed by atoms with Gasteiger partial charge in [-0.3, -0.25) is 4.79 Å². The Morgan fingerprint density at radius 3 is 2.67 bits per heavy atom. The molecule has 0 aliphatic heterocycles. The number of hydrogen-bond donors (Lipinski definition) is 1. The predicted octanol–water partition coefficient (Wildman–Crippen LogP) is 4.53. The third kappa shape index (κ3) is 2.32. The molecule has 0 spiro atoms. The molecule has 2 saturated carbocycles. The van der Waals surface area contributed by atoms with Crippen LogP contribution in [0.15, 0.2) is 22.7 Å². The van der Waals surface area contributed by atoms with E-state index < -0.39 is 0 Å². The fourth-order valence-corrected chi connectivity index (χ4v) is 5.08. The van der Waals surface area contributed by atoms with E-state index in [1.807, 2.05) is 0 Å². The van der Waals surface area contributed by atoms with Crippen molar-refractivity contribution in [3.8, 4) is 0 Å². The third-order valence-corrected chi connectivity index (χ3v) is 6.38. The first-order valence-electron chi connectivity index (χ1n) is 7.50. The zero-order valence-electron chi connectivity index (χ0n) is 12.7. The van der Waals surface area contributed by atoms with Crippen LogP contribution >= 0.6 is 15.9 Å². The summed E-state index contributed by atoms with van der Waals surface area (Å²) in [6.45, 7) is 6.80. The van der Waals surface area contributed by atoms with Crippen molar-refractivity contribution in [3.63, 3.8) is 0 Å². The van der Waals surface area contributed by atoms with Crippen LogP contribution in [0.25, 0.3) is 0 Å². The van der Waals surface area contributed by atoms with E-state index in [9.17, 15) is 9.18 Å². The van der Waals surface area contributed by atoms with E-state index >= 15 is 0 Å². The predicted molar refractivity (Wildman–Crippen MR) is 84.6 cm³/mol. The van der Waals surface area contributed by atoms with Crippen LogP contribution in [0, 0.1) is 22.6 Å². The molecule has 1 amide bonds. The van der Waals surface area contributed by atoms with Gasteiger partial charge in [-0.2, -0.15) is 0 Å². The van der Waals surface area contributed by atoms with Gasteiger partial charge in [-0.05, 0) is 70.1 Å². The summed E-state index contributed by atoms with van der Waals surface area (Å²) in [5, 5.41) is 3.23. The lowest BCUT2D eigenvalue weighted by atomic mass is 9.68. The number of benzene rings is 1. The summed E-state index contributed by atoms with van der Waals surface area (Å²) < 4.78 is 13.7. The Hall–Kier alpha value is -0.900. The van der Waals surface area contributed by atoms with Crippen LogP contribution in [0.1, 0.15) is 50.4 Å². The van der Waals surface area contributed by atoms with Gasteiger partial charge in [0.1, 0.15) is 5.82 Å². The molecule has 2 aliphatic rings. The lowest BCUT2D eigenvalue weighted by molar-refractivity contribution is 0.0737. The number of nitrogens with one attached hydrogen (secondary N) is 1. The zero-order chi connectivity index (χ0) is 15.4. The van der Waals surface area contributed by atoms with Crippen molar-refractivity contribution < 1.29 is 9.18 Å². The van der Waals surface area contributed by atoms with Crippen molar-refractivity contribution in [2.45, 2.75) is 46.1 Å². The van der Waals surface area contributed by atoms with Crippen molar-refractivity contribution in [1.29, 1.82) is 0 Å². The molecule has 3 unspecified atom stereocenters. The van der Waals surface area contributed by atoms with Crippen LogP contribution in [-0.4, -0.2) is 11.9 Å². The molecule has 0 aromatic heterocycles. The molecule has 0 heterocycles. The number of fused-ring (bicyclic) bond motifs is 2. The van der Waals surface area contributed by atoms with E-state index in [0.717, 1.165) is 0 Å². The molecule has 2 fully saturated rings. The summed E-state index contributed by atoms with van der Waals surface area (Å²) in [5.41, 5.74) is 0.810. The zero-order valence-corrected chi connectivity index (χ0v) is 14.3. The van der Waals surface area contributed by atoms with E-state index in [4.69, 9.17) is 0 Å². The summed E-state index contributed by atoms with van der Waals surface area (Å²) in [6, 6.07) is 4.38. The highest BCUT2D eigenvalue weighted by atomic mass is 79.9. The van der Waals surface area contributed by atoms with Gasteiger partial charge in [-0.15, -0.1) is 0 Å². The van der Waals surface area contributed by atoms with Gasteiger partial charge in [-0.1, -0.05) is 20.8 Å². The van der Waals surface area contributed by atoms with E-state index in [1.54, 1.807) is 0 Å². The Morgan fingerprint density at radius 1 is 1.38 bits per heavy atom. The first-order chi connectivity index (χ1) is 9.74. The van der Waals surface area contributed by atoms with Crippen molar-refractivity contribution in [3.05, 3.63) is 34.1 Å². The van der Waals surface area contributed by atoms with Gasteiger partial charge in [0.15, 0.2) is 0 Å². The lowest BCUT2D eigenvalue weighted by Crippen LogP contribution is -2.52. The first-order valence-corrected chi connectivity index (χ1v) is 8.29. The molecule has 3 rings (SSSR count). The minimum Gasteiger partial charge on any atom is -0.348 e. The number of carbonyl (C=O) groups is 1. The maximum atomic E-state index is 13.2. The van der Waals surface area contributed by atoms with Crippen LogP contribution in [0.4, 0.5) is 4.39 Å². The molecule has 2 bridgehead atoms. The average Bonchev–Trinajstić information content (AvgIpc) is 2.85. The fourth-order valence-electron chi connectivity index (χ4n) is 4.54. The Labute approximate surface area is 133 Å². The summed E-state index contributed by atoms with van der Waals surface area (Å²) in [4.78, 5) is 12.6. The molecule has 3 atom stereocenters. The van der Waals surface area contributed by atoms with Crippen LogP contribution in [0.5, 0.6) is 0 Å². The molecule has 2 aliphatic carbocycles. The van der Waals surface area contributed by atoms with Gasteiger partial charge >= 0.3 is 0 Å². The molecule has 2 nitrogen and oxygen atoms in total. The third-order valence-electron chi connectivity index (χ3n) is 5.72. The number of carbonyl (C=O) groups excluding carboxylic acids is 1. The molecule has 1 aromatic rings. The molecule has 0 saturated heterocycles. The Bertz CT molecular complexity index is 596. The minimum atomic E-state index is -0.342. The highest BCUT2D eigenvalue weighted by molar-refractivity contribution is 9.10. The standard InChI is InChI=1S/C17H21BrFNO/c1-16(2)10-6-7-17(3,9-10)15(16)20-14(21)12-5-4-11(19)8-13(12)18/h4-5,8,10,15H,6-7,9H2,1-3H3,(H,20,21). The maximum absolute atomic E-state index is 13.2. The van der Waals surface area contributed by atoms with Crippen LogP contribution < -0.4 is 5.32 Å². The number of hydrogen-bond acceptors (Lipinski definition) is 1. The molecule has 0 radical (unpaired) electrons. The topological polar surface area (TPSA) is 29.1 Å². The SMILES string of the molecule is CC12CCC(C1)C(C)(C)C2NC(=O)c1ccc(F)cc1Br. The second-order valence-corrected chi connectivity index (χ2v) is 8.30. The normalized spacial score (nSPS) is 33.2. The number of amides is 1. The summed E-state index contributed by atoms with van der Waals surface area (Å²) in [6.07, 6.45) is 3.63. The van der Waals surface area contributed by atoms with Crippen LogP contribution in [0.2, 0.25) is 0 Å². The van der Waals surface area contributed by atoms with Gasteiger partial charge in [-0.25, -0.2) is 4.39 Å². The van der Waals surface area contributed by atoms with Crippen molar-refractivity contribution >= 4 is 21.8 Å². The monoisotopic (exact) mass is 353 g/mol. The molecule has 114 valence electrons. The smallest absolute Gasteiger partial charge is 0.252 e. The van der Waals surface area contributed by atoms with Crippen molar-refractivity contribution in [1.82, 2.24) is 5.32 Å². The molecule has 1 N–H and O–H groups in total. The summed E-state index contributed by atoms with van der Waals surface area (Å²) in [7, 11) is 0. The molecule has 21 heavy (non-hydrogen) atoms. The number of halogens is 2. The Morgan fingerprint density at radius 2 is 2.10 bits per heavy atom. The average molecular weight is 354 g/mol. The van der Waals surface area contributed by atoms with Crippen molar-refractivity contribution in [2.75, 3.05) is 0 Å². The highest BCUT2D eigenvalue weighted by Crippen LogP contribution is 2.62. The molecular weight excluding hydrogens is 333 g/mol. The molecule has 1 aromatic carbocycles. The lowest BCUT2D eigenvalue weighted by Gasteiger charge is -2.43.